The van der Waals surface area contributed by atoms with Crippen LogP contribution in [0.25, 0.3) is 0 Å². The van der Waals surface area contributed by atoms with Crippen LogP contribution in [0.15, 0.2) is 0 Å². The summed E-state index contributed by atoms with van der Waals surface area (Å²) in [6, 6.07) is 0. The molecule has 8 atom stereocenters. The summed E-state index contributed by atoms with van der Waals surface area (Å²) in [7, 11) is 1.72. The normalized spacial score (nSPS) is 45.6. The lowest BCUT2D eigenvalue weighted by molar-refractivity contribution is -0.124. The molecule has 30 heavy (non-hydrogen) atoms. The van der Waals surface area contributed by atoms with Crippen molar-refractivity contribution in [3.63, 3.8) is 0 Å². The third kappa shape index (κ3) is 3.52. The minimum absolute atomic E-state index is 0.495. The van der Waals surface area contributed by atoms with Gasteiger partial charge in [0.2, 0.25) is 0 Å². The summed E-state index contributed by atoms with van der Waals surface area (Å²) in [5.74, 6) is 5.82. The Balaban J connectivity index is 1.25. The Hall–Kier alpha value is -1.01. The van der Waals surface area contributed by atoms with Crippen molar-refractivity contribution in [1.82, 2.24) is 20.2 Å². The van der Waals surface area contributed by atoms with E-state index in [1.807, 2.05) is 6.92 Å². The number of fused-ring (bicyclic) bond motifs is 5. The van der Waals surface area contributed by atoms with Crippen molar-refractivity contribution in [2.45, 2.75) is 90.2 Å². The molecule has 1 aromatic rings. The SMILES string of the molecule is COC[C@@]1(O)CC[C@H]2[C@H](CC[C@@H]3[C@@H]2CC[C@]2(C)[C@@H](CCn4nnc(C)n4)CC[C@@H]32)C1. The fraction of sp³-hybridized carbons (Fsp3) is 0.958. The summed E-state index contributed by atoms with van der Waals surface area (Å²) in [6.45, 7) is 5.93. The Morgan fingerprint density at radius 1 is 1.07 bits per heavy atom. The highest BCUT2D eigenvalue weighted by atomic mass is 16.5. The molecule has 5 rings (SSSR count). The summed E-state index contributed by atoms with van der Waals surface area (Å²) < 4.78 is 5.34. The van der Waals surface area contributed by atoms with Crippen LogP contribution in [0.4, 0.5) is 0 Å². The highest BCUT2D eigenvalue weighted by molar-refractivity contribution is 5.07. The molecule has 0 saturated heterocycles. The molecular formula is C24H40N4O2. The Bertz CT molecular complexity index is 753. The van der Waals surface area contributed by atoms with Gasteiger partial charge in [0, 0.05) is 7.11 Å². The third-order valence-electron chi connectivity index (χ3n) is 9.94. The zero-order valence-corrected chi connectivity index (χ0v) is 19.1. The number of methoxy groups -OCH3 is 1. The van der Waals surface area contributed by atoms with E-state index in [0.717, 1.165) is 54.8 Å². The van der Waals surface area contributed by atoms with Crippen LogP contribution in [0, 0.1) is 47.8 Å². The van der Waals surface area contributed by atoms with Gasteiger partial charge in [-0.2, -0.15) is 4.80 Å². The third-order valence-corrected chi connectivity index (χ3v) is 9.94. The van der Waals surface area contributed by atoms with Gasteiger partial charge in [0.25, 0.3) is 0 Å². The minimum atomic E-state index is -0.571. The average Bonchev–Trinajstić information content (AvgIpc) is 3.28. The van der Waals surface area contributed by atoms with Crippen molar-refractivity contribution in [3.8, 4) is 0 Å². The maximum absolute atomic E-state index is 10.9. The van der Waals surface area contributed by atoms with Crippen LogP contribution in [0.2, 0.25) is 0 Å². The van der Waals surface area contributed by atoms with Crippen molar-refractivity contribution < 1.29 is 9.84 Å². The Morgan fingerprint density at radius 3 is 2.67 bits per heavy atom. The van der Waals surface area contributed by atoms with Gasteiger partial charge in [-0.05, 0) is 117 Å². The number of ether oxygens (including phenoxy) is 1. The molecule has 168 valence electrons. The first-order valence-corrected chi connectivity index (χ1v) is 12.4. The van der Waals surface area contributed by atoms with E-state index in [-0.39, 0.29) is 0 Å². The topological polar surface area (TPSA) is 73.1 Å². The van der Waals surface area contributed by atoms with E-state index < -0.39 is 5.60 Å². The molecule has 0 spiro atoms. The lowest BCUT2D eigenvalue weighted by atomic mass is 9.49. The lowest BCUT2D eigenvalue weighted by Crippen LogP contribution is -2.51. The first-order chi connectivity index (χ1) is 14.4. The number of aromatic nitrogens is 4. The second-order valence-electron chi connectivity index (χ2n) is 11.4. The molecule has 6 nitrogen and oxygen atoms in total. The Morgan fingerprint density at radius 2 is 1.90 bits per heavy atom. The quantitative estimate of drug-likeness (QED) is 0.785. The average molecular weight is 417 g/mol. The second-order valence-corrected chi connectivity index (χ2v) is 11.4. The van der Waals surface area contributed by atoms with E-state index in [0.29, 0.717) is 17.9 Å². The molecular weight excluding hydrogens is 376 g/mol. The largest absolute Gasteiger partial charge is 0.387 e. The van der Waals surface area contributed by atoms with Crippen LogP contribution in [0.3, 0.4) is 0 Å². The lowest BCUT2D eigenvalue weighted by Gasteiger charge is -2.57. The molecule has 0 aromatic carbocycles. The van der Waals surface area contributed by atoms with Crippen molar-refractivity contribution in [3.05, 3.63) is 5.82 Å². The van der Waals surface area contributed by atoms with Crippen LogP contribution in [0.1, 0.15) is 77.0 Å². The van der Waals surface area contributed by atoms with Gasteiger partial charge in [0.1, 0.15) is 0 Å². The van der Waals surface area contributed by atoms with Crippen molar-refractivity contribution >= 4 is 0 Å². The number of nitrogens with zero attached hydrogens (tertiary/aromatic N) is 4. The standard InChI is InChI=1S/C24H40N4O2/c1-16-25-27-28(26-16)13-10-18-5-7-22-21-6-4-17-14-24(29,15-30-3)12-9-19(17)20(21)8-11-23(18,22)2/h17-22,29H,4-15H2,1-3H3/t17-,18-,19+,20-,21-,22+,23-,24-/m1/s1. The molecule has 4 fully saturated rings. The summed E-state index contributed by atoms with van der Waals surface area (Å²) >= 11 is 0. The molecule has 0 unspecified atom stereocenters. The first kappa shape index (κ1) is 20.9. The molecule has 6 heteroatoms. The summed E-state index contributed by atoms with van der Waals surface area (Å²) in [6.07, 6.45) is 12.6. The zero-order valence-electron chi connectivity index (χ0n) is 19.1. The first-order valence-electron chi connectivity index (χ1n) is 12.4. The monoisotopic (exact) mass is 416 g/mol. The van der Waals surface area contributed by atoms with Crippen LogP contribution in [-0.2, 0) is 11.3 Å². The number of aryl methyl sites for hydroxylation is 2. The van der Waals surface area contributed by atoms with E-state index in [9.17, 15) is 5.11 Å². The number of hydrogen-bond donors (Lipinski definition) is 1. The van der Waals surface area contributed by atoms with Crippen molar-refractivity contribution in [2.24, 2.45) is 40.9 Å². The van der Waals surface area contributed by atoms with E-state index >= 15 is 0 Å². The fourth-order valence-electron chi connectivity index (χ4n) is 8.63. The van der Waals surface area contributed by atoms with E-state index in [2.05, 4.69) is 22.3 Å². The molecule has 0 amide bonds. The second kappa shape index (κ2) is 7.84. The molecule has 1 aromatic heterocycles. The Kier molecular flexibility index (Phi) is 5.46. The van der Waals surface area contributed by atoms with Gasteiger partial charge in [-0.1, -0.05) is 6.92 Å². The zero-order chi connectivity index (χ0) is 20.9. The summed E-state index contributed by atoms with van der Waals surface area (Å²) in [4.78, 5) is 1.80. The van der Waals surface area contributed by atoms with Gasteiger partial charge in [0.15, 0.2) is 5.82 Å². The van der Waals surface area contributed by atoms with E-state index in [1.54, 1.807) is 11.9 Å². The van der Waals surface area contributed by atoms with Crippen molar-refractivity contribution in [1.29, 1.82) is 0 Å². The van der Waals surface area contributed by atoms with Crippen LogP contribution >= 0.6 is 0 Å². The summed E-state index contributed by atoms with van der Waals surface area (Å²) in [5.41, 5.74) is -0.0762. The van der Waals surface area contributed by atoms with E-state index in [1.165, 1.54) is 51.4 Å². The minimum Gasteiger partial charge on any atom is -0.387 e. The number of aliphatic hydroxyl groups is 1. The predicted molar refractivity (Wildman–Crippen MR) is 115 cm³/mol. The van der Waals surface area contributed by atoms with Gasteiger partial charge in [-0.3, -0.25) is 0 Å². The van der Waals surface area contributed by atoms with Gasteiger partial charge in [-0.25, -0.2) is 0 Å². The molecule has 1 N–H and O–H groups in total. The van der Waals surface area contributed by atoms with Crippen LogP contribution in [0.5, 0.6) is 0 Å². The van der Waals surface area contributed by atoms with Gasteiger partial charge in [0.05, 0.1) is 18.8 Å². The smallest absolute Gasteiger partial charge is 0.171 e. The number of tetrazole rings is 1. The Labute approximate surface area is 181 Å². The molecule has 0 aliphatic heterocycles. The summed E-state index contributed by atoms with van der Waals surface area (Å²) in [5, 5.41) is 23.6. The molecule has 0 radical (unpaired) electrons. The predicted octanol–water partition coefficient (Wildman–Crippen LogP) is 4.02. The maximum Gasteiger partial charge on any atom is 0.171 e. The molecule has 4 aliphatic carbocycles. The van der Waals surface area contributed by atoms with Crippen LogP contribution < -0.4 is 0 Å². The fourth-order valence-corrected chi connectivity index (χ4v) is 8.63. The van der Waals surface area contributed by atoms with Gasteiger partial charge in [-0.15, -0.1) is 10.2 Å². The molecule has 4 aliphatic rings. The van der Waals surface area contributed by atoms with Gasteiger partial charge >= 0.3 is 0 Å². The highest BCUT2D eigenvalue weighted by Crippen LogP contribution is 2.65. The molecule has 1 heterocycles. The molecule has 0 bridgehead atoms. The molecule has 4 saturated carbocycles. The van der Waals surface area contributed by atoms with Crippen LogP contribution in [-0.4, -0.2) is 44.6 Å². The number of hydrogen-bond acceptors (Lipinski definition) is 5. The number of rotatable bonds is 5. The van der Waals surface area contributed by atoms with E-state index in [4.69, 9.17) is 4.74 Å². The highest BCUT2D eigenvalue weighted by Gasteiger charge is 2.57. The maximum atomic E-state index is 10.9. The van der Waals surface area contributed by atoms with Gasteiger partial charge < -0.3 is 9.84 Å². The van der Waals surface area contributed by atoms with Crippen molar-refractivity contribution in [2.75, 3.05) is 13.7 Å².